The van der Waals surface area contributed by atoms with Crippen molar-refractivity contribution in [3.8, 4) is 10.6 Å². The third-order valence-corrected chi connectivity index (χ3v) is 6.71. The smallest absolute Gasteiger partial charge is 0.124 e. The summed E-state index contributed by atoms with van der Waals surface area (Å²) in [4.78, 5) is 4.79. The van der Waals surface area contributed by atoms with Crippen molar-refractivity contribution in [2.45, 2.75) is 33.2 Å². The van der Waals surface area contributed by atoms with E-state index in [0.717, 1.165) is 40.4 Å². The van der Waals surface area contributed by atoms with Crippen LogP contribution in [0.4, 0.5) is 5.69 Å². The molecule has 0 saturated carbocycles. The molecule has 0 aliphatic carbocycles. The Morgan fingerprint density at radius 1 is 0.969 bits per heavy atom. The summed E-state index contributed by atoms with van der Waals surface area (Å²) in [6.07, 6.45) is 1.09. The standard InChI is InChI=1S/C28H31N3S/c1-5-18-29-20(4)21-14-16-24(17-15-21)30-27(19(2)3)22-10-12-23(13-11-22)28-31-25-8-6-7-9-26(25)32-28/h6-17,19,27,29-30H,4-5,18H2,1-3H3. The molecule has 164 valence electrons. The Morgan fingerprint density at radius 3 is 2.34 bits per heavy atom. The highest BCUT2D eigenvalue weighted by Crippen LogP contribution is 2.32. The molecule has 32 heavy (non-hydrogen) atoms. The minimum absolute atomic E-state index is 0.228. The molecule has 4 aromatic rings. The van der Waals surface area contributed by atoms with Gasteiger partial charge in [0.15, 0.2) is 0 Å². The van der Waals surface area contributed by atoms with Crippen molar-refractivity contribution >= 4 is 32.9 Å². The molecular weight excluding hydrogens is 410 g/mol. The van der Waals surface area contributed by atoms with Gasteiger partial charge in [0.1, 0.15) is 5.01 Å². The van der Waals surface area contributed by atoms with Gasteiger partial charge in [-0.1, -0.05) is 75.9 Å². The molecule has 0 aliphatic heterocycles. The Labute approximate surface area is 195 Å². The molecule has 0 spiro atoms. The molecule has 1 aromatic heterocycles. The van der Waals surface area contributed by atoms with Gasteiger partial charge in [-0.05, 0) is 47.7 Å². The summed E-state index contributed by atoms with van der Waals surface area (Å²) in [5, 5.41) is 8.15. The van der Waals surface area contributed by atoms with Gasteiger partial charge in [-0.3, -0.25) is 0 Å². The normalized spacial score (nSPS) is 12.1. The molecule has 4 heteroatoms. The summed E-state index contributed by atoms with van der Waals surface area (Å²) < 4.78 is 1.23. The van der Waals surface area contributed by atoms with E-state index in [-0.39, 0.29) is 6.04 Å². The van der Waals surface area contributed by atoms with Crippen LogP contribution in [-0.2, 0) is 0 Å². The fraction of sp³-hybridized carbons (Fsp3) is 0.250. The van der Waals surface area contributed by atoms with Gasteiger partial charge in [0.25, 0.3) is 0 Å². The van der Waals surface area contributed by atoms with Gasteiger partial charge >= 0.3 is 0 Å². The number of rotatable bonds is 9. The quantitative estimate of drug-likeness (QED) is 0.279. The molecule has 0 radical (unpaired) electrons. The van der Waals surface area contributed by atoms with Crippen LogP contribution in [0.1, 0.15) is 44.4 Å². The Kier molecular flexibility index (Phi) is 6.91. The van der Waals surface area contributed by atoms with Gasteiger partial charge in [0.05, 0.1) is 16.3 Å². The summed E-state index contributed by atoms with van der Waals surface area (Å²) >= 11 is 1.74. The topological polar surface area (TPSA) is 37.0 Å². The second kappa shape index (κ2) is 10.0. The van der Waals surface area contributed by atoms with E-state index < -0.39 is 0 Å². The number of hydrogen-bond acceptors (Lipinski definition) is 4. The van der Waals surface area contributed by atoms with Gasteiger partial charge in [0.2, 0.25) is 0 Å². The SMILES string of the molecule is C=C(NCCC)c1ccc(NC(c2ccc(-c3nc4ccccc4s3)cc2)C(C)C)cc1. The molecule has 0 amide bonds. The van der Waals surface area contributed by atoms with E-state index in [4.69, 9.17) is 4.98 Å². The van der Waals surface area contributed by atoms with Gasteiger partial charge in [0, 0.05) is 23.5 Å². The number of fused-ring (bicyclic) bond motifs is 1. The monoisotopic (exact) mass is 441 g/mol. The maximum absolute atomic E-state index is 4.79. The molecule has 1 atom stereocenters. The van der Waals surface area contributed by atoms with Crippen LogP contribution in [0, 0.1) is 5.92 Å². The number of nitrogens with one attached hydrogen (secondary N) is 2. The molecule has 0 aliphatic rings. The molecule has 3 aromatic carbocycles. The Hall–Kier alpha value is -3.11. The van der Waals surface area contributed by atoms with Gasteiger partial charge in [-0.25, -0.2) is 4.98 Å². The highest BCUT2D eigenvalue weighted by atomic mass is 32.1. The first-order chi connectivity index (χ1) is 15.5. The zero-order chi connectivity index (χ0) is 22.5. The molecule has 1 heterocycles. The van der Waals surface area contributed by atoms with Crippen molar-refractivity contribution in [1.29, 1.82) is 0 Å². The highest BCUT2D eigenvalue weighted by molar-refractivity contribution is 7.21. The lowest BCUT2D eigenvalue weighted by molar-refractivity contribution is 0.546. The number of hydrogen-bond donors (Lipinski definition) is 2. The van der Waals surface area contributed by atoms with E-state index in [2.05, 4.69) is 105 Å². The molecule has 3 nitrogen and oxygen atoms in total. The van der Waals surface area contributed by atoms with Crippen molar-refractivity contribution in [2.75, 3.05) is 11.9 Å². The Bertz CT molecular complexity index is 1140. The van der Waals surface area contributed by atoms with Crippen molar-refractivity contribution in [3.05, 3.63) is 90.5 Å². The molecule has 4 rings (SSSR count). The van der Waals surface area contributed by atoms with Crippen LogP contribution in [0.15, 0.2) is 79.4 Å². The Balaban J connectivity index is 1.49. The zero-order valence-corrected chi connectivity index (χ0v) is 19.9. The molecule has 0 bridgehead atoms. The number of anilines is 1. The minimum Gasteiger partial charge on any atom is -0.385 e. The molecule has 1 unspecified atom stereocenters. The van der Waals surface area contributed by atoms with E-state index in [1.807, 2.05) is 6.07 Å². The molecule has 0 saturated heterocycles. The van der Waals surface area contributed by atoms with Gasteiger partial charge in [-0.15, -0.1) is 11.3 Å². The summed E-state index contributed by atoms with van der Waals surface area (Å²) in [6.45, 7) is 11.8. The molecule has 0 fully saturated rings. The van der Waals surface area contributed by atoms with Crippen LogP contribution in [0.3, 0.4) is 0 Å². The maximum Gasteiger partial charge on any atom is 0.124 e. The average molecular weight is 442 g/mol. The predicted molar refractivity (Wildman–Crippen MR) is 140 cm³/mol. The average Bonchev–Trinajstić information content (AvgIpc) is 3.26. The summed E-state index contributed by atoms with van der Waals surface area (Å²) in [5.74, 6) is 0.448. The van der Waals surface area contributed by atoms with Crippen LogP contribution in [0.5, 0.6) is 0 Å². The highest BCUT2D eigenvalue weighted by Gasteiger charge is 2.16. The lowest BCUT2D eigenvalue weighted by Gasteiger charge is -2.24. The third-order valence-electron chi connectivity index (χ3n) is 5.62. The predicted octanol–water partition coefficient (Wildman–Crippen LogP) is 7.74. The minimum atomic E-state index is 0.228. The first-order valence-electron chi connectivity index (χ1n) is 11.3. The van der Waals surface area contributed by atoms with E-state index in [1.54, 1.807) is 11.3 Å². The first-order valence-corrected chi connectivity index (χ1v) is 12.1. The van der Waals surface area contributed by atoms with Crippen molar-refractivity contribution in [1.82, 2.24) is 10.3 Å². The lowest BCUT2D eigenvalue weighted by Crippen LogP contribution is -2.17. The number of aromatic nitrogens is 1. The van der Waals surface area contributed by atoms with E-state index in [9.17, 15) is 0 Å². The number of para-hydroxylation sites is 1. The van der Waals surface area contributed by atoms with Crippen molar-refractivity contribution < 1.29 is 0 Å². The summed E-state index contributed by atoms with van der Waals surface area (Å²) in [6, 6.07) is 25.9. The van der Waals surface area contributed by atoms with Crippen LogP contribution < -0.4 is 10.6 Å². The van der Waals surface area contributed by atoms with Crippen LogP contribution in [0.25, 0.3) is 26.5 Å². The van der Waals surface area contributed by atoms with E-state index in [0.29, 0.717) is 5.92 Å². The molecule has 2 N–H and O–H groups in total. The van der Waals surface area contributed by atoms with Gasteiger partial charge < -0.3 is 10.6 Å². The number of benzene rings is 3. The van der Waals surface area contributed by atoms with Crippen molar-refractivity contribution in [3.63, 3.8) is 0 Å². The second-order valence-corrected chi connectivity index (χ2v) is 9.49. The third kappa shape index (κ3) is 5.03. The zero-order valence-electron chi connectivity index (χ0n) is 19.1. The molecular formula is C28H31N3S. The number of nitrogens with zero attached hydrogens (tertiary/aromatic N) is 1. The van der Waals surface area contributed by atoms with Crippen LogP contribution in [0.2, 0.25) is 0 Å². The maximum atomic E-state index is 4.79. The van der Waals surface area contributed by atoms with E-state index >= 15 is 0 Å². The number of thiazole rings is 1. The summed E-state index contributed by atoms with van der Waals surface area (Å²) in [5.41, 5.74) is 6.73. The Morgan fingerprint density at radius 2 is 1.69 bits per heavy atom. The van der Waals surface area contributed by atoms with Crippen molar-refractivity contribution in [2.24, 2.45) is 5.92 Å². The summed E-state index contributed by atoms with van der Waals surface area (Å²) in [7, 11) is 0. The lowest BCUT2D eigenvalue weighted by atomic mass is 9.95. The van der Waals surface area contributed by atoms with Crippen LogP contribution in [-0.4, -0.2) is 11.5 Å². The fourth-order valence-electron chi connectivity index (χ4n) is 3.79. The van der Waals surface area contributed by atoms with Gasteiger partial charge in [-0.2, -0.15) is 0 Å². The largest absolute Gasteiger partial charge is 0.385 e. The van der Waals surface area contributed by atoms with Crippen LogP contribution >= 0.6 is 11.3 Å². The van der Waals surface area contributed by atoms with E-state index in [1.165, 1.54) is 15.8 Å². The first kappa shape index (κ1) is 22.1. The second-order valence-electron chi connectivity index (χ2n) is 8.46. The fourth-order valence-corrected chi connectivity index (χ4v) is 4.76.